The molecule has 0 unspecified atom stereocenters. The molecule has 0 aliphatic carbocycles. The summed E-state index contributed by atoms with van der Waals surface area (Å²) in [6.07, 6.45) is 0. The molecule has 1 aromatic heterocycles. The number of benzene rings is 1. The van der Waals surface area contributed by atoms with Crippen molar-refractivity contribution in [2.45, 2.75) is 13.5 Å². The van der Waals surface area contributed by atoms with Gasteiger partial charge in [0.1, 0.15) is 5.69 Å². The lowest BCUT2D eigenvalue weighted by atomic mass is 10.1. The molecule has 2 aromatic rings. The molecule has 90 valence electrons. The molecule has 1 heterocycles. The number of fused-ring (bicyclic) bond motifs is 1. The van der Waals surface area contributed by atoms with Crippen LogP contribution in [0.5, 0.6) is 0 Å². The number of aryl methyl sites for hydroxylation is 1. The van der Waals surface area contributed by atoms with Crippen molar-refractivity contribution < 1.29 is 14.6 Å². The van der Waals surface area contributed by atoms with Crippen molar-refractivity contribution in [2.24, 2.45) is 7.05 Å². The van der Waals surface area contributed by atoms with E-state index in [0.717, 1.165) is 16.5 Å². The van der Waals surface area contributed by atoms with Gasteiger partial charge in [-0.2, -0.15) is 0 Å². The fourth-order valence-corrected chi connectivity index (χ4v) is 1.96. The summed E-state index contributed by atoms with van der Waals surface area (Å²) in [5.41, 5.74) is 2.23. The number of rotatable bonds is 3. The molecule has 0 atom stereocenters. The van der Waals surface area contributed by atoms with Crippen LogP contribution in [-0.2, 0) is 18.4 Å². The predicted molar refractivity (Wildman–Crippen MR) is 64.8 cm³/mol. The topological polar surface area (TPSA) is 51.5 Å². The SMILES string of the molecule is CCOC(=O)c1cc2c(CO)cccc2n1C. The summed E-state index contributed by atoms with van der Waals surface area (Å²) in [5, 5.41) is 10.1. The van der Waals surface area contributed by atoms with Crippen LogP contribution in [0.25, 0.3) is 10.9 Å². The Morgan fingerprint density at radius 2 is 2.24 bits per heavy atom. The Labute approximate surface area is 99.4 Å². The Bertz CT molecular complexity index is 557. The minimum absolute atomic E-state index is 0.0381. The molecule has 2 rings (SSSR count). The molecule has 17 heavy (non-hydrogen) atoms. The van der Waals surface area contributed by atoms with Gasteiger partial charge in [0.05, 0.1) is 13.2 Å². The van der Waals surface area contributed by atoms with Crippen molar-refractivity contribution in [3.05, 3.63) is 35.5 Å². The number of aliphatic hydroxyl groups excluding tert-OH is 1. The first-order chi connectivity index (χ1) is 8.19. The number of nitrogens with zero attached hydrogens (tertiary/aromatic N) is 1. The smallest absolute Gasteiger partial charge is 0.354 e. The zero-order valence-corrected chi connectivity index (χ0v) is 9.93. The predicted octanol–water partition coefficient (Wildman–Crippen LogP) is 1.85. The van der Waals surface area contributed by atoms with Gasteiger partial charge in [0, 0.05) is 18.0 Å². The van der Waals surface area contributed by atoms with Crippen LogP contribution in [0.1, 0.15) is 23.0 Å². The fraction of sp³-hybridized carbons (Fsp3) is 0.308. The summed E-state index contributed by atoms with van der Waals surface area (Å²) >= 11 is 0. The first kappa shape index (κ1) is 11.7. The van der Waals surface area contributed by atoms with Crippen LogP contribution in [0.4, 0.5) is 0 Å². The van der Waals surface area contributed by atoms with Gasteiger partial charge in [-0.15, -0.1) is 0 Å². The number of esters is 1. The number of hydrogen-bond donors (Lipinski definition) is 1. The molecule has 0 spiro atoms. The number of hydrogen-bond acceptors (Lipinski definition) is 3. The van der Waals surface area contributed by atoms with Gasteiger partial charge in [-0.05, 0) is 24.6 Å². The van der Waals surface area contributed by atoms with Crippen molar-refractivity contribution in [2.75, 3.05) is 6.61 Å². The van der Waals surface area contributed by atoms with Gasteiger partial charge in [0.15, 0.2) is 0 Å². The zero-order valence-electron chi connectivity index (χ0n) is 9.93. The number of ether oxygens (including phenoxy) is 1. The van der Waals surface area contributed by atoms with Crippen molar-refractivity contribution in [3.8, 4) is 0 Å². The van der Waals surface area contributed by atoms with Crippen LogP contribution in [-0.4, -0.2) is 22.2 Å². The first-order valence-electron chi connectivity index (χ1n) is 5.54. The van der Waals surface area contributed by atoms with E-state index in [9.17, 15) is 9.90 Å². The molecular weight excluding hydrogens is 218 g/mol. The van der Waals surface area contributed by atoms with E-state index in [-0.39, 0.29) is 12.6 Å². The number of aromatic nitrogens is 1. The lowest BCUT2D eigenvalue weighted by Crippen LogP contribution is -2.09. The van der Waals surface area contributed by atoms with Crippen LogP contribution in [0.2, 0.25) is 0 Å². The maximum atomic E-state index is 11.7. The molecule has 4 heteroatoms. The Balaban J connectivity index is 2.60. The molecular formula is C13H15NO3. The van der Waals surface area contributed by atoms with Crippen LogP contribution in [0.15, 0.2) is 24.3 Å². The molecule has 0 aliphatic rings. The van der Waals surface area contributed by atoms with Gasteiger partial charge in [-0.25, -0.2) is 4.79 Å². The van der Waals surface area contributed by atoms with Crippen LogP contribution >= 0.6 is 0 Å². The first-order valence-corrected chi connectivity index (χ1v) is 5.54. The monoisotopic (exact) mass is 233 g/mol. The summed E-state index contributed by atoms with van der Waals surface area (Å²) in [4.78, 5) is 11.7. The normalized spacial score (nSPS) is 10.8. The highest BCUT2D eigenvalue weighted by Gasteiger charge is 2.15. The zero-order chi connectivity index (χ0) is 12.4. The van der Waals surface area contributed by atoms with E-state index in [2.05, 4.69) is 0 Å². The molecule has 1 N–H and O–H groups in total. The van der Waals surface area contributed by atoms with Crippen LogP contribution < -0.4 is 0 Å². The minimum atomic E-state index is -0.338. The minimum Gasteiger partial charge on any atom is -0.461 e. The molecule has 0 saturated heterocycles. The van der Waals surface area contributed by atoms with Gasteiger partial charge < -0.3 is 14.4 Å². The van der Waals surface area contributed by atoms with Crippen LogP contribution in [0, 0.1) is 0 Å². The second kappa shape index (κ2) is 4.59. The van der Waals surface area contributed by atoms with E-state index in [1.54, 1.807) is 17.6 Å². The Morgan fingerprint density at radius 1 is 1.47 bits per heavy atom. The molecule has 0 radical (unpaired) electrons. The molecule has 0 amide bonds. The third-order valence-electron chi connectivity index (χ3n) is 2.83. The molecule has 0 aliphatic heterocycles. The van der Waals surface area contributed by atoms with Gasteiger partial charge in [-0.3, -0.25) is 0 Å². The van der Waals surface area contributed by atoms with E-state index in [1.807, 2.05) is 25.2 Å². The fourth-order valence-electron chi connectivity index (χ4n) is 1.96. The van der Waals surface area contributed by atoms with Gasteiger partial charge >= 0.3 is 5.97 Å². The third-order valence-corrected chi connectivity index (χ3v) is 2.83. The second-order valence-electron chi connectivity index (χ2n) is 3.82. The second-order valence-corrected chi connectivity index (χ2v) is 3.82. The van der Waals surface area contributed by atoms with E-state index in [0.29, 0.717) is 12.3 Å². The number of carbonyl (C=O) groups is 1. The average Bonchev–Trinajstić information content (AvgIpc) is 2.67. The Kier molecular flexibility index (Phi) is 3.15. The van der Waals surface area contributed by atoms with E-state index in [1.165, 1.54) is 0 Å². The van der Waals surface area contributed by atoms with E-state index in [4.69, 9.17) is 4.74 Å². The Hall–Kier alpha value is -1.81. The number of aliphatic hydroxyl groups is 1. The summed E-state index contributed by atoms with van der Waals surface area (Å²) < 4.78 is 6.77. The highest BCUT2D eigenvalue weighted by atomic mass is 16.5. The van der Waals surface area contributed by atoms with E-state index < -0.39 is 0 Å². The van der Waals surface area contributed by atoms with Crippen LogP contribution in [0.3, 0.4) is 0 Å². The lowest BCUT2D eigenvalue weighted by molar-refractivity contribution is 0.0516. The number of carbonyl (C=O) groups excluding carboxylic acids is 1. The van der Waals surface area contributed by atoms with Gasteiger partial charge in [-0.1, -0.05) is 12.1 Å². The quantitative estimate of drug-likeness (QED) is 0.823. The average molecular weight is 233 g/mol. The summed E-state index contributed by atoms with van der Waals surface area (Å²) in [6, 6.07) is 7.39. The van der Waals surface area contributed by atoms with Gasteiger partial charge in [0.25, 0.3) is 0 Å². The van der Waals surface area contributed by atoms with Crippen molar-refractivity contribution in [1.29, 1.82) is 0 Å². The molecule has 0 fully saturated rings. The summed E-state index contributed by atoms with van der Waals surface area (Å²) in [7, 11) is 1.82. The molecule has 0 saturated carbocycles. The Morgan fingerprint density at radius 3 is 2.88 bits per heavy atom. The van der Waals surface area contributed by atoms with Gasteiger partial charge in [0.2, 0.25) is 0 Å². The third kappa shape index (κ3) is 1.91. The molecule has 1 aromatic carbocycles. The van der Waals surface area contributed by atoms with E-state index >= 15 is 0 Å². The lowest BCUT2D eigenvalue weighted by Gasteiger charge is -2.03. The highest BCUT2D eigenvalue weighted by Crippen LogP contribution is 2.23. The molecule has 4 nitrogen and oxygen atoms in total. The van der Waals surface area contributed by atoms with Crippen molar-refractivity contribution >= 4 is 16.9 Å². The summed E-state index contributed by atoms with van der Waals surface area (Å²) in [6.45, 7) is 2.09. The largest absolute Gasteiger partial charge is 0.461 e. The van der Waals surface area contributed by atoms with Crippen molar-refractivity contribution in [1.82, 2.24) is 4.57 Å². The maximum absolute atomic E-state index is 11.7. The maximum Gasteiger partial charge on any atom is 0.354 e. The molecule has 0 bridgehead atoms. The standard InChI is InChI=1S/C13H15NO3/c1-3-17-13(16)12-7-10-9(8-15)5-4-6-11(10)14(12)2/h4-7,15H,3,8H2,1-2H3. The highest BCUT2D eigenvalue weighted by molar-refractivity contribution is 5.96. The summed E-state index contributed by atoms with van der Waals surface area (Å²) in [5.74, 6) is -0.338. The van der Waals surface area contributed by atoms with Crippen molar-refractivity contribution in [3.63, 3.8) is 0 Å².